The van der Waals surface area contributed by atoms with Crippen LogP contribution in [-0.4, -0.2) is 25.8 Å². The summed E-state index contributed by atoms with van der Waals surface area (Å²) in [6, 6.07) is 6.81. The summed E-state index contributed by atoms with van der Waals surface area (Å²) in [6.07, 6.45) is 6.21. The summed E-state index contributed by atoms with van der Waals surface area (Å²) >= 11 is 0. The monoisotopic (exact) mass is 298 g/mol. The average molecular weight is 298 g/mol. The van der Waals surface area contributed by atoms with Gasteiger partial charge in [-0.05, 0) is 24.3 Å². The highest BCUT2D eigenvalue weighted by Gasteiger charge is 2.07. The number of hydrogen-bond donors (Lipinski definition) is 2. The van der Waals surface area contributed by atoms with Crippen molar-refractivity contribution < 1.29 is 9.18 Å². The van der Waals surface area contributed by atoms with Crippen LogP contribution < -0.4 is 10.6 Å². The first kappa shape index (κ1) is 13.7. The van der Waals surface area contributed by atoms with Crippen molar-refractivity contribution in [2.45, 2.75) is 0 Å². The van der Waals surface area contributed by atoms with E-state index in [0.717, 1.165) is 0 Å². The van der Waals surface area contributed by atoms with E-state index in [1.165, 1.54) is 29.1 Å². The zero-order valence-corrected chi connectivity index (χ0v) is 11.3. The highest BCUT2D eigenvalue weighted by atomic mass is 19.1. The molecule has 1 aromatic carbocycles. The maximum Gasteiger partial charge on any atom is 0.323 e. The van der Waals surface area contributed by atoms with Gasteiger partial charge < -0.3 is 10.6 Å². The molecule has 8 heteroatoms. The van der Waals surface area contributed by atoms with Gasteiger partial charge in [-0.3, -0.25) is 0 Å². The molecule has 7 nitrogen and oxygen atoms in total. The van der Waals surface area contributed by atoms with Gasteiger partial charge in [0.25, 0.3) is 0 Å². The molecule has 0 aliphatic heterocycles. The van der Waals surface area contributed by atoms with Crippen molar-refractivity contribution in [1.29, 1.82) is 0 Å². The van der Waals surface area contributed by atoms with E-state index < -0.39 is 11.8 Å². The maximum atomic E-state index is 13.0. The number of nitrogens with one attached hydrogen (secondary N) is 2. The van der Waals surface area contributed by atoms with Gasteiger partial charge >= 0.3 is 6.03 Å². The SMILES string of the molecule is O=C(Nc1cccc(F)c1)Nc1cnn(-c2ncccn2)c1. The molecular weight excluding hydrogens is 287 g/mol. The van der Waals surface area contributed by atoms with E-state index >= 15 is 0 Å². The number of urea groups is 1. The summed E-state index contributed by atoms with van der Waals surface area (Å²) in [4.78, 5) is 19.9. The minimum atomic E-state index is -0.501. The van der Waals surface area contributed by atoms with Gasteiger partial charge in [0.05, 0.1) is 18.1 Å². The highest BCUT2D eigenvalue weighted by molar-refractivity contribution is 5.99. The van der Waals surface area contributed by atoms with E-state index in [9.17, 15) is 9.18 Å². The van der Waals surface area contributed by atoms with Crippen LogP contribution in [0.5, 0.6) is 0 Å². The number of amides is 2. The van der Waals surface area contributed by atoms with E-state index in [1.807, 2.05) is 0 Å². The summed E-state index contributed by atoms with van der Waals surface area (Å²) in [7, 11) is 0. The standard InChI is InChI=1S/C14H11FN6O/c15-10-3-1-4-11(7-10)19-14(22)20-12-8-18-21(9-12)13-16-5-2-6-17-13/h1-9H,(H2,19,20,22). The molecule has 0 unspecified atom stereocenters. The second-order valence-corrected chi connectivity index (χ2v) is 4.31. The zero-order valence-electron chi connectivity index (χ0n) is 11.3. The largest absolute Gasteiger partial charge is 0.323 e. The van der Waals surface area contributed by atoms with Crippen LogP contribution in [-0.2, 0) is 0 Å². The first-order valence-corrected chi connectivity index (χ1v) is 6.36. The molecule has 0 saturated carbocycles. The van der Waals surface area contributed by atoms with Crippen molar-refractivity contribution >= 4 is 17.4 Å². The minimum absolute atomic E-state index is 0.358. The first-order chi connectivity index (χ1) is 10.7. The Labute approximate surface area is 124 Å². The Bertz CT molecular complexity index is 789. The van der Waals surface area contributed by atoms with E-state index in [4.69, 9.17) is 0 Å². The van der Waals surface area contributed by atoms with E-state index in [2.05, 4.69) is 25.7 Å². The van der Waals surface area contributed by atoms with Gasteiger partial charge in [0.15, 0.2) is 0 Å². The number of benzene rings is 1. The molecule has 0 radical (unpaired) electrons. The molecule has 0 saturated heterocycles. The van der Waals surface area contributed by atoms with Gasteiger partial charge in [0, 0.05) is 18.1 Å². The van der Waals surface area contributed by atoms with Crippen LogP contribution in [0.1, 0.15) is 0 Å². The molecule has 22 heavy (non-hydrogen) atoms. The number of nitrogens with zero attached hydrogens (tertiary/aromatic N) is 4. The van der Waals surface area contributed by atoms with Crippen LogP contribution in [0.25, 0.3) is 5.95 Å². The summed E-state index contributed by atoms with van der Waals surface area (Å²) in [6.45, 7) is 0. The third-order valence-corrected chi connectivity index (χ3v) is 2.68. The normalized spacial score (nSPS) is 10.2. The number of hydrogen-bond acceptors (Lipinski definition) is 4. The van der Waals surface area contributed by atoms with E-state index in [-0.39, 0.29) is 0 Å². The maximum absolute atomic E-state index is 13.0. The van der Waals surface area contributed by atoms with Crippen LogP contribution in [0.4, 0.5) is 20.6 Å². The number of carbonyl (C=O) groups is 1. The third kappa shape index (κ3) is 3.23. The van der Waals surface area contributed by atoms with Crippen LogP contribution in [0.15, 0.2) is 55.1 Å². The fourth-order valence-electron chi connectivity index (χ4n) is 1.77. The first-order valence-electron chi connectivity index (χ1n) is 6.36. The number of anilines is 2. The second kappa shape index (κ2) is 6.00. The van der Waals surface area contributed by atoms with Gasteiger partial charge in [-0.25, -0.2) is 23.8 Å². The quantitative estimate of drug-likeness (QED) is 0.777. The van der Waals surface area contributed by atoms with Gasteiger partial charge in [0.2, 0.25) is 5.95 Å². The lowest BCUT2D eigenvalue weighted by atomic mass is 10.3. The third-order valence-electron chi connectivity index (χ3n) is 2.68. The lowest BCUT2D eigenvalue weighted by molar-refractivity contribution is 0.262. The summed E-state index contributed by atoms with van der Waals surface area (Å²) in [5.74, 6) is -0.0343. The molecule has 0 aliphatic rings. The van der Waals surface area contributed by atoms with Crippen molar-refractivity contribution in [2.24, 2.45) is 0 Å². The molecule has 2 N–H and O–H groups in total. The molecular formula is C14H11FN6O. The molecule has 3 aromatic rings. The van der Waals surface area contributed by atoms with Crippen LogP contribution >= 0.6 is 0 Å². The molecule has 0 atom stereocenters. The van der Waals surface area contributed by atoms with Crippen molar-refractivity contribution in [1.82, 2.24) is 19.7 Å². The number of carbonyl (C=O) groups excluding carboxylic acids is 1. The van der Waals surface area contributed by atoms with Crippen molar-refractivity contribution in [3.8, 4) is 5.95 Å². The van der Waals surface area contributed by atoms with Crippen molar-refractivity contribution in [3.63, 3.8) is 0 Å². The number of rotatable bonds is 3. The Morgan fingerprint density at radius 2 is 1.86 bits per heavy atom. The Balaban J connectivity index is 1.66. The molecule has 0 spiro atoms. The Morgan fingerprint density at radius 3 is 2.64 bits per heavy atom. The Morgan fingerprint density at radius 1 is 1.09 bits per heavy atom. The van der Waals surface area contributed by atoms with Gasteiger partial charge in [-0.2, -0.15) is 5.10 Å². The molecule has 110 valence electrons. The van der Waals surface area contributed by atoms with Crippen molar-refractivity contribution in [2.75, 3.05) is 10.6 Å². The molecule has 2 heterocycles. The van der Waals surface area contributed by atoms with Gasteiger partial charge in [-0.15, -0.1) is 0 Å². The number of halogens is 1. The lowest BCUT2D eigenvalue weighted by Gasteiger charge is -2.05. The van der Waals surface area contributed by atoms with E-state index in [0.29, 0.717) is 17.3 Å². The summed E-state index contributed by atoms with van der Waals surface area (Å²) in [5, 5.41) is 9.16. The predicted octanol–water partition coefficient (Wildman–Crippen LogP) is 2.45. The molecule has 3 rings (SSSR count). The van der Waals surface area contributed by atoms with Gasteiger partial charge in [-0.1, -0.05) is 6.07 Å². The smallest absolute Gasteiger partial charge is 0.308 e. The van der Waals surface area contributed by atoms with Crippen molar-refractivity contribution in [3.05, 3.63) is 60.9 Å². The fourth-order valence-corrected chi connectivity index (χ4v) is 1.77. The Kier molecular flexibility index (Phi) is 3.73. The van der Waals surface area contributed by atoms with E-state index in [1.54, 1.807) is 30.7 Å². The lowest BCUT2D eigenvalue weighted by Crippen LogP contribution is -2.19. The summed E-state index contributed by atoms with van der Waals surface area (Å²) in [5.41, 5.74) is 0.817. The van der Waals surface area contributed by atoms with Crippen LogP contribution in [0.3, 0.4) is 0 Å². The minimum Gasteiger partial charge on any atom is -0.308 e. The fraction of sp³-hybridized carbons (Fsp3) is 0. The zero-order chi connectivity index (χ0) is 15.4. The van der Waals surface area contributed by atoms with Crippen LogP contribution in [0.2, 0.25) is 0 Å². The van der Waals surface area contributed by atoms with Crippen LogP contribution in [0, 0.1) is 5.82 Å². The molecule has 2 aromatic heterocycles. The molecule has 0 bridgehead atoms. The topological polar surface area (TPSA) is 84.7 Å². The molecule has 2 amide bonds. The highest BCUT2D eigenvalue weighted by Crippen LogP contribution is 2.11. The number of aromatic nitrogens is 4. The molecule has 0 aliphatic carbocycles. The Hall–Kier alpha value is -3.29. The summed E-state index contributed by atoms with van der Waals surface area (Å²) < 4.78 is 14.5. The predicted molar refractivity (Wildman–Crippen MR) is 78.2 cm³/mol. The molecule has 0 fully saturated rings. The second-order valence-electron chi connectivity index (χ2n) is 4.31. The van der Waals surface area contributed by atoms with Gasteiger partial charge in [0.1, 0.15) is 5.82 Å². The average Bonchev–Trinajstić information content (AvgIpc) is 2.96.